The third kappa shape index (κ3) is 0.956. The number of rotatable bonds is 0. The first-order valence-corrected chi connectivity index (χ1v) is 3.88. The van der Waals surface area contributed by atoms with Gasteiger partial charge in [0.15, 0.2) is 0 Å². The summed E-state index contributed by atoms with van der Waals surface area (Å²) in [5, 5.41) is 0.215. The van der Waals surface area contributed by atoms with Crippen LogP contribution in [0.2, 0.25) is 5.15 Å². The minimum atomic E-state index is -0.345. The molecule has 1 unspecified atom stereocenters. The average Bonchev–Trinajstić information content (AvgIpc) is 2.31. The molecule has 0 fully saturated rings. The number of aliphatic imine (C=N–C) groups is 1. The second-order valence-electron chi connectivity index (χ2n) is 2.57. The van der Waals surface area contributed by atoms with Gasteiger partial charge in [-0.3, -0.25) is 9.56 Å². The summed E-state index contributed by atoms with van der Waals surface area (Å²) in [6.07, 6.45) is 1.47. The molecule has 0 saturated carbocycles. The van der Waals surface area contributed by atoms with Crippen molar-refractivity contribution in [2.75, 3.05) is 0 Å². The van der Waals surface area contributed by atoms with Crippen LogP contribution in [-0.2, 0) is 0 Å². The molecule has 0 bridgehead atoms. The quantitative estimate of drug-likeness (QED) is 0.560. The standard InChI is InChI=1S/C7H6ClN3O/c1-4-9-3-5-2-6(8)10-7(12)11(4)5/h2-4H,1H3. The van der Waals surface area contributed by atoms with Gasteiger partial charge in [0.05, 0.1) is 5.69 Å². The van der Waals surface area contributed by atoms with Crippen molar-refractivity contribution in [1.82, 2.24) is 9.55 Å². The Hall–Kier alpha value is -1.16. The summed E-state index contributed by atoms with van der Waals surface area (Å²) in [7, 11) is 0. The Bertz CT molecular complexity index is 410. The van der Waals surface area contributed by atoms with Gasteiger partial charge in [-0.25, -0.2) is 4.79 Å². The molecule has 2 heterocycles. The fourth-order valence-corrected chi connectivity index (χ4v) is 1.39. The zero-order chi connectivity index (χ0) is 8.72. The zero-order valence-corrected chi connectivity index (χ0v) is 7.12. The fourth-order valence-electron chi connectivity index (χ4n) is 1.21. The molecule has 0 N–H and O–H groups in total. The SMILES string of the molecule is CC1N=Cc2cc(Cl)nc(=O)n21. The summed E-state index contributed by atoms with van der Waals surface area (Å²) in [5.74, 6) is 0. The lowest BCUT2D eigenvalue weighted by Crippen LogP contribution is -2.24. The van der Waals surface area contributed by atoms with Crippen molar-refractivity contribution in [1.29, 1.82) is 0 Å². The van der Waals surface area contributed by atoms with Crippen LogP contribution in [-0.4, -0.2) is 15.8 Å². The van der Waals surface area contributed by atoms with Crippen LogP contribution in [0.3, 0.4) is 0 Å². The highest BCUT2D eigenvalue weighted by molar-refractivity contribution is 6.29. The molecule has 1 aromatic heterocycles. The van der Waals surface area contributed by atoms with E-state index in [9.17, 15) is 4.79 Å². The van der Waals surface area contributed by atoms with Crippen LogP contribution in [0.4, 0.5) is 0 Å². The third-order valence-corrected chi connectivity index (χ3v) is 1.94. The van der Waals surface area contributed by atoms with E-state index in [0.717, 1.165) is 0 Å². The van der Waals surface area contributed by atoms with Gasteiger partial charge >= 0.3 is 5.69 Å². The second kappa shape index (κ2) is 2.42. The number of hydrogen-bond donors (Lipinski definition) is 0. The lowest BCUT2D eigenvalue weighted by Gasteiger charge is -2.05. The van der Waals surface area contributed by atoms with Gasteiger partial charge in [-0.15, -0.1) is 0 Å². The second-order valence-corrected chi connectivity index (χ2v) is 2.95. The Morgan fingerprint density at radius 3 is 3.17 bits per heavy atom. The maximum absolute atomic E-state index is 11.2. The monoisotopic (exact) mass is 183 g/mol. The maximum Gasteiger partial charge on any atom is 0.351 e. The smallest absolute Gasteiger partial charge is 0.268 e. The van der Waals surface area contributed by atoms with E-state index in [2.05, 4.69) is 9.98 Å². The van der Waals surface area contributed by atoms with Gasteiger partial charge in [0.25, 0.3) is 0 Å². The molecule has 1 atom stereocenters. The summed E-state index contributed by atoms with van der Waals surface area (Å²) >= 11 is 5.59. The molecule has 1 aromatic rings. The molecule has 12 heavy (non-hydrogen) atoms. The number of nitrogens with zero attached hydrogens (tertiary/aromatic N) is 3. The summed E-state index contributed by atoms with van der Waals surface area (Å²) < 4.78 is 1.49. The highest BCUT2D eigenvalue weighted by Gasteiger charge is 2.15. The van der Waals surface area contributed by atoms with Gasteiger partial charge in [0.1, 0.15) is 11.3 Å². The topological polar surface area (TPSA) is 47.2 Å². The van der Waals surface area contributed by atoms with Crippen LogP contribution in [0, 0.1) is 0 Å². The van der Waals surface area contributed by atoms with E-state index in [-0.39, 0.29) is 17.0 Å². The maximum atomic E-state index is 11.2. The molecule has 4 nitrogen and oxygen atoms in total. The zero-order valence-electron chi connectivity index (χ0n) is 6.36. The molecule has 2 rings (SSSR count). The predicted octanol–water partition coefficient (Wildman–Crippen LogP) is 0.848. The average molecular weight is 184 g/mol. The van der Waals surface area contributed by atoms with Crippen molar-refractivity contribution in [2.24, 2.45) is 4.99 Å². The van der Waals surface area contributed by atoms with Crippen molar-refractivity contribution < 1.29 is 0 Å². The largest absolute Gasteiger partial charge is 0.351 e. The van der Waals surface area contributed by atoms with E-state index < -0.39 is 0 Å². The Labute approximate surface area is 73.5 Å². The van der Waals surface area contributed by atoms with E-state index in [1.54, 1.807) is 12.3 Å². The lowest BCUT2D eigenvalue weighted by atomic mass is 10.4. The molecule has 0 aliphatic carbocycles. The van der Waals surface area contributed by atoms with E-state index in [1.807, 2.05) is 6.92 Å². The van der Waals surface area contributed by atoms with Crippen molar-refractivity contribution in [3.8, 4) is 0 Å². The van der Waals surface area contributed by atoms with Crippen LogP contribution >= 0.6 is 11.6 Å². The molecule has 5 heteroatoms. The van der Waals surface area contributed by atoms with E-state index in [4.69, 9.17) is 11.6 Å². The number of aromatic nitrogens is 2. The minimum Gasteiger partial charge on any atom is -0.268 e. The number of halogens is 1. The van der Waals surface area contributed by atoms with E-state index in [0.29, 0.717) is 5.69 Å². The molecule has 0 amide bonds. The molecule has 0 radical (unpaired) electrons. The van der Waals surface area contributed by atoms with Crippen molar-refractivity contribution in [2.45, 2.75) is 13.1 Å². The van der Waals surface area contributed by atoms with Crippen molar-refractivity contribution >= 4 is 17.8 Å². The van der Waals surface area contributed by atoms with Crippen LogP contribution in [0.5, 0.6) is 0 Å². The van der Waals surface area contributed by atoms with Gasteiger partial charge in [0, 0.05) is 12.3 Å². The highest BCUT2D eigenvalue weighted by Crippen LogP contribution is 2.15. The molecule has 0 aromatic carbocycles. The molecular formula is C7H6ClN3O. The first kappa shape index (κ1) is 7.49. The fraction of sp³-hybridized carbons (Fsp3) is 0.286. The van der Waals surface area contributed by atoms with Gasteiger partial charge in [-0.2, -0.15) is 4.98 Å². The van der Waals surface area contributed by atoms with Crippen LogP contribution in [0.15, 0.2) is 15.9 Å². The molecule has 0 spiro atoms. The van der Waals surface area contributed by atoms with Gasteiger partial charge in [-0.1, -0.05) is 11.6 Å². The molecule has 62 valence electrons. The normalized spacial score (nSPS) is 19.7. The minimum absolute atomic E-state index is 0.155. The van der Waals surface area contributed by atoms with Crippen LogP contribution < -0.4 is 5.69 Å². The van der Waals surface area contributed by atoms with Gasteiger partial charge < -0.3 is 0 Å². The summed E-state index contributed by atoms with van der Waals surface area (Å²) in [4.78, 5) is 18.9. The van der Waals surface area contributed by atoms with E-state index >= 15 is 0 Å². The van der Waals surface area contributed by atoms with Crippen LogP contribution in [0.1, 0.15) is 18.8 Å². The van der Waals surface area contributed by atoms with E-state index in [1.165, 1.54) is 4.57 Å². The summed E-state index contributed by atoms with van der Waals surface area (Å²) in [6.45, 7) is 1.82. The van der Waals surface area contributed by atoms with Crippen molar-refractivity contribution in [3.63, 3.8) is 0 Å². The molecule has 0 saturated heterocycles. The Balaban J connectivity index is 2.75. The number of fused-ring (bicyclic) bond motifs is 1. The van der Waals surface area contributed by atoms with Gasteiger partial charge in [0.2, 0.25) is 0 Å². The molecule has 1 aliphatic heterocycles. The molecule has 1 aliphatic rings. The van der Waals surface area contributed by atoms with Crippen molar-refractivity contribution in [3.05, 3.63) is 27.4 Å². The first-order valence-electron chi connectivity index (χ1n) is 3.51. The summed E-state index contributed by atoms with van der Waals surface area (Å²) in [6, 6.07) is 1.62. The number of hydrogen-bond acceptors (Lipinski definition) is 3. The highest BCUT2D eigenvalue weighted by atomic mass is 35.5. The Morgan fingerprint density at radius 2 is 2.42 bits per heavy atom. The molecular weight excluding hydrogens is 178 g/mol. The predicted molar refractivity (Wildman–Crippen MR) is 45.8 cm³/mol. The first-order chi connectivity index (χ1) is 5.68. The van der Waals surface area contributed by atoms with Crippen LogP contribution in [0.25, 0.3) is 0 Å². The third-order valence-electron chi connectivity index (χ3n) is 1.75. The Morgan fingerprint density at radius 1 is 1.67 bits per heavy atom. The lowest BCUT2D eigenvalue weighted by molar-refractivity contribution is 0.561. The van der Waals surface area contributed by atoms with Gasteiger partial charge in [-0.05, 0) is 6.92 Å². The Kier molecular flexibility index (Phi) is 1.51. The summed E-state index contributed by atoms with van der Waals surface area (Å²) in [5.41, 5.74) is 0.370.